The summed E-state index contributed by atoms with van der Waals surface area (Å²) in [5.74, 6) is 0.563. The first-order valence-electron chi connectivity index (χ1n) is 9.39. The van der Waals surface area contributed by atoms with Gasteiger partial charge in [-0.2, -0.15) is 0 Å². The lowest BCUT2D eigenvalue weighted by Gasteiger charge is -2.32. The zero-order valence-electron chi connectivity index (χ0n) is 16.3. The van der Waals surface area contributed by atoms with Crippen LogP contribution in [0.25, 0.3) is 0 Å². The fourth-order valence-electron chi connectivity index (χ4n) is 3.42. The smallest absolute Gasteiger partial charge is 0.399 e. The Morgan fingerprint density at radius 2 is 1.62 bits per heavy atom. The van der Waals surface area contributed by atoms with Crippen molar-refractivity contribution in [2.24, 2.45) is 0 Å². The minimum Gasteiger partial charge on any atom is -0.399 e. The predicted molar refractivity (Wildman–Crippen MR) is 101 cm³/mol. The van der Waals surface area contributed by atoms with E-state index >= 15 is 0 Å². The molecule has 2 heterocycles. The van der Waals surface area contributed by atoms with Crippen molar-refractivity contribution in [1.82, 2.24) is 15.3 Å². The number of amides is 1. The van der Waals surface area contributed by atoms with Crippen molar-refractivity contribution in [1.29, 1.82) is 0 Å². The average Bonchev–Trinajstić information content (AvgIpc) is 2.77. The third-order valence-corrected chi connectivity index (χ3v) is 5.67. The first-order chi connectivity index (χ1) is 12.2. The van der Waals surface area contributed by atoms with Gasteiger partial charge >= 0.3 is 7.12 Å². The molecule has 26 heavy (non-hydrogen) atoms. The van der Waals surface area contributed by atoms with Gasteiger partial charge in [0, 0.05) is 36.9 Å². The van der Waals surface area contributed by atoms with E-state index in [1.54, 1.807) is 19.3 Å². The highest BCUT2D eigenvalue weighted by molar-refractivity contribution is 6.61. The Labute approximate surface area is 155 Å². The highest BCUT2D eigenvalue weighted by Gasteiger charge is 2.51. The van der Waals surface area contributed by atoms with Crippen LogP contribution in [-0.4, -0.2) is 46.3 Å². The van der Waals surface area contributed by atoms with Crippen molar-refractivity contribution in [3.8, 4) is 0 Å². The number of anilines is 1. The first-order valence-corrected chi connectivity index (χ1v) is 9.39. The fraction of sp³-hybridized carbons (Fsp3) is 0.722. The molecule has 0 radical (unpaired) electrons. The molecule has 1 aliphatic heterocycles. The van der Waals surface area contributed by atoms with E-state index in [2.05, 4.69) is 20.6 Å². The van der Waals surface area contributed by atoms with E-state index in [-0.39, 0.29) is 29.2 Å². The number of aromatic nitrogens is 2. The van der Waals surface area contributed by atoms with Crippen molar-refractivity contribution in [3.63, 3.8) is 0 Å². The lowest BCUT2D eigenvalue weighted by Crippen LogP contribution is -2.48. The molecule has 8 heteroatoms. The van der Waals surface area contributed by atoms with E-state index in [1.807, 2.05) is 27.7 Å². The number of hydrogen-bond donors (Lipinski definition) is 2. The third kappa shape index (κ3) is 4.01. The summed E-state index contributed by atoms with van der Waals surface area (Å²) in [6.07, 6.45) is 7.72. The van der Waals surface area contributed by atoms with Crippen LogP contribution < -0.4 is 16.1 Å². The maximum Gasteiger partial charge on any atom is 0.498 e. The van der Waals surface area contributed by atoms with Crippen molar-refractivity contribution in [3.05, 3.63) is 12.4 Å². The fourth-order valence-corrected chi connectivity index (χ4v) is 3.42. The van der Waals surface area contributed by atoms with Crippen molar-refractivity contribution < 1.29 is 14.1 Å². The lowest BCUT2D eigenvalue weighted by molar-refractivity contribution is -0.119. The molecule has 7 nitrogen and oxygen atoms in total. The Morgan fingerprint density at radius 1 is 1.08 bits per heavy atom. The predicted octanol–water partition coefficient (Wildman–Crippen LogP) is 1.64. The Kier molecular flexibility index (Phi) is 5.26. The molecule has 1 aliphatic carbocycles. The van der Waals surface area contributed by atoms with E-state index < -0.39 is 7.12 Å². The van der Waals surface area contributed by atoms with Crippen LogP contribution in [0, 0.1) is 0 Å². The van der Waals surface area contributed by atoms with E-state index in [1.165, 1.54) is 0 Å². The van der Waals surface area contributed by atoms with Crippen LogP contribution >= 0.6 is 0 Å². The highest BCUT2D eigenvalue weighted by Crippen LogP contribution is 2.36. The van der Waals surface area contributed by atoms with Crippen molar-refractivity contribution in [2.45, 2.75) is 83.6 Å². The molecular formula is C18H29BN4O3. The van der Waals surface area contributed by atoms with Gasteiger partial charge in [-0.3, -0.25) is 4.79 Å². The van der Waals surface area contributed by atoms with Gasteiger partial charge in [-0.15, -0.1) is 0 Å². The van der Waals surface area contributed by atoms with Gasteiger partial charge in [0.25, 0.3) is 0 Å². The average molecular weight is 360 g/mol. The Bertz CT molecular complexity index is 634. The van der Waals surface area contributed by atoms with E-state index in [0.29, 0.717) is 5.95 Å². The zero-order chi connectivity index (χ0) is 18.9. The molecule has 0 bridgehead atoms. The minimum atomic E-state index is -0.462. The number of carbonyl (C=O) groups excluding carboxylic acids is 1. The van der Waals surface area contributed by atoms with Crippen LogP contribution in [0.1, 0.15) is 60.3 Å². The minimum absolute atomic E-state index is 0.000673. The number of rotatable bonds is 4. The summed E-state index contributed by atoms with van der Waals surface area (Å²) < 4.78 is 12.1. The van der Waals surface area contributed by atoms with Gasteiger partial charge in [-0.25, -0.2) is 9.97 Å². The standard InChI is InChI=1S/C18H29BN4O3/c1-12(24)22-14-8-6-7-9-15(14)23-16-20-10-13(11-21-16)19-25-17(2,3)18(4,5)26-19/h10-11,14-15H,6-9H2,1-5H3,(H,22,24)(H,20,21,23)/t14-,15+/m0/s1. The highest BCUT2D eigenvalue weighted by atomic mass is 16.7. The van der Waals surface area contributed by atoms with E-state index in [4.69, 9.17) is 9.31 Å². The number of carbonyl (C=O) groups is 1. The van der Waals surface area contributed by atoms with E-state index in [0.717, 1.165) is 31.1 Å². The molecule has 2 N–H and O–H groups in total. The second kappa shape index (κ2) is 7.16. The molecule has 1 aromatic heterocycles. The Balaban J connectivity index is 1.65. The van der Waals surface area contributed by atoms with E-state index in [9.17, 15) is 4.79 Å². The largest absolute Gasteiger partial charge is 0.498 e. The lowest BCUT2D eigenvalue weighted by atomic mass is 9.81. The van der Waals surface area contributed by atoms with Gasteiger partial charge in [-0.05, 0) is 40.5 Å². The molecule has 1 aromatic rings. The molecule has 2 fully saturated rings. The van der Waals surface area contributed by atoms with Crippen LogP contribution in [-0.2, 0) is 14.1 Å². The summed E-state index contributed by atoms with van der Waals surface area (Å²) in [7, 11) is -0.462. The molecule has 142 valence electrons. The SMILES string of the molecule is CC(=O)N[C@H]1CCCC[C@H]1Nc1ncc(B2OC(C)(C)C(C)(C)O2)cn1. The normalized spacial score (nSPS) is 27.2. The van der Waals surface area contributed by atoms with Gasteiger partial charge in [-0.1, -0.05) is 12.8 Å². The molecule has 1 saturated heterocycles. The number of nitrogens with one attached hydrogen (secondary N) is 2. The number of hydrogen-bond acceptors (Lipinski definition) is 6. The van der Waals surface area contributed by atoms with Crippen LogP contribution in [0.5, 0.6) is 0 Å². The maximum atomic E-state index is 11.4. The molecule has 3 rings (SSSR count). The molecule has 2 atom stereocenters. The molecular weight excluding hydrogens is 331 g/mol. The quantitative estimate of drug-likeness (QED) is 0.794. The van der Waals surface area contributed by atoms with Crippen LogP contribution in [0.15, 0.2) is 12.4 Å². The van der Waals surface area contributed by atoms with Crippen LogP contribution in [0.4, 0.5) is 5.95 Å². The molecule has 1 amide bonds. The number of nitrogens with zero attached hydrogens (tertiary/aromatic N) is 2. The molecule has 0 spiro atoms. The first kappa shape index (κ1) is 19.1. The van der Waals surface area contributed by atoms with Gasteiger partial charge in [0.15, 0.2) is 0 Å². The van der Waals surface area contributed by atoms with Gasteiger partial charge < -0.3 is 19.9 Å². The van der Waals surface area contributed by atoms with Crippen molar-refractivity contribution in [2.75, 3.05) is 5.32 Å². The molecule has 0 unspecified atom stereocenters. The van der Waals surface area contributed by atoms with Gasteiger partial charge in [0.05, 0.1) is 11.2 Å². The Morgan fingerprint density at radius 3 is 2.15 bits per heavy atom. The molecule has 1 saturated carbocycles. The summed E-state index contributed by atoms with van der Waals surface area (Å²) in [6.45, 7) is 9.65. The second-order valence-electron chi connectivity index (χ2n) is 8.27. The Hall–Kier alpha value is -1.67. The monoisotopic (exact) mass is 360 g/mol. The summed E-state index contributed by atoms with van der Waals surface area (Å²) in [5.41, 5.74) is 0.0288. The summed E-state index contributed by atoms with van der Waals surface area (Å²) >= 11 is 0. The topological polar surface area (TPSA) is 85.4 Å². The van der Waals surface area contributed by atoms with Gasteiger partial charge in [0.2, 0.25) is 11.9 Å². The van der Waals surface area contributed by atoms with Gasteiger partial charge in [0.1, 0.15) is 0 Å². The summed E-state index contributed by atoms with van der Waals surface area (Å²) in [6, 6.07) is 0.267. The van der Waals surface area contributed by atoms with Crippen LogP contribution in [0.2, 0.25) is 0 Å². The zero-order valence-corrected chi connectivity index (χ0v) is 16.3. The van der Waals surface area contributed by atoms with Crippen LogP contribution in [0.3, 0.4) is 0 Å². The molecule has 0 aromatic carbocycles. The third-order valence-electron chi connectivity index (χ3n) is 5.67. The maximum absolute atomic E-state index is 11.4. The summed E-state index contributed by atoms with van der Waals surface area (Å²) in [5, 5.41) is 6.40. The summed E-state index contributed by atoms with van der Waals surface area (Å²) in [4.78, 5) is 20.3. The second-order valence-corrected chi connectivity index (χ2v) is 8.27. The molecule has 2 aliphatic rings. The van der Waals surface area contributed by atoms with Crippen molar-refractivity contribution >= 4 is 24.4 Å².